The van der Waals surface area contributed by atoms with Crippen molar-refractivity contribution >= 4 is 191 Å². The molecule has 12 aromatic rings. The van der Waals surface area contributed by atoms with Crippen LogP contribution in [0.1, 0.15) is 126 Å². The molecule has 0 atom stereocenters. The number of anilines is 2. The third kappa shape index (κ3) is 30.6. The number of hydrogen-bond acceptors (Lipinski definition) is 27. The van der Waals surface area contributed by atoms with Gasteiger partial charge in [-0.2, -0.15) is 4.31 Å². The number of aromatic nitrogens is 8. The van der Waals surface area contributed by atoms with E-state index >= 15 is 0 Å². The van der Waals surface area contributed by atoms with Gasteiger partial charge >= 0.3 is 145 Å². The molecule has 30 nitrogen and oxygen atoms in total. The first-order valence-electron chi connectivity index (χ1n) is 43.5. The molecule has 41 heteroatoms. The average Bonchev–Trinajstić information content (AvgIpc) is 1.60. The Morgan fingerprint density at radius 1 is 0.467 bits per heavy atom. The summed E-state index contributed by atoms with van der Waals surface area (Å²) in [6.07, 6.45) is 12.9. The molecule has 5 saturated heterocycles. The summed E-state index contributed by atoms with van der Waals surface area (Å²) in [5.41, 5.74) is 19.8. The average molecular weight is 2330 g/mol. The maximum atomic E-state index is 11.9. The molecule has 9 aliphatic rings. The molecular formula is C96H103BCl6Cs2N16O14PdS. The predicted octanol–water partition coefficient (Wildman–Crippen LogP) is 10.9. The molecule has 0 saturated carbocycles. The van der Waals surface area contributed by atoms with Crippen molar-refractivity contribution in [2.45, 2.75) is 119 Å². The second kappa shape index (κ2) is 55.2. The number of carbonyl (C=O) groups is 3. The molecule has 8 aromatic carbocycles. The van der Waals surface area contributed by atoms with Crippen LogP contribution in [0.2, 0.25) is 30.8 Å². The molecule has 0 aliphatic carbocycles. The second-order valence-corrected chi connectivity index (χ2v) is 36.4. The summed E-state index contributed by atoms with van der Waals surface area (Å²) in [6, 6.07) is 48.0. The normalized spacial score (nSPS) is 15.8. The maximum absolute atomic E-state index is 11.9. The summed E-state index contributed by atoms with van der Waals surface area (Å²) in [5, 5.41) is 29.2. The Kier molecular flexibility index (Phi) is 46.2. The fraction of sp³-hybridized carbons (Fsp3) is 0.344. The number of nitrogens with zero attached hydrogens (tertiary/aromatic N) is 16. The fourth-order valence-electron chi connectivity index (χ4n) is 15.5. The molecule has 5 fully saturated rings. The van der Waals surface area contributed by atoms with Crippen LogP contribution in [0.5, 0.6) is 0 Å². The van der Waals surface area contributed by atoms with Crippen molar-refractivity contribution in [3.05, 3.63) is 226 Å². The number of hydrogen-bond donors (Lipinski definition) is 2. The number of piperazine rings is 1. The Morgan fingerprint density at radius 2 is 0.810 bits per heavy atom. The van der Waals surface area contributed by atoms with Gasteiger partial charge in [0.25, 0.3) is 18.4 Å². The van der Waals surface area contributed by atoms with E-state index in [-0.39, 0.29) is 195 Å². The Labute approximate surface area is 959 Å². The number of ether oxygens (including phenoxy) is 3. The van der Waals surface area contributed by atoms with Crippen molar-refractivity contribution in [1.82, 2.24) is 49.1 Å². The van der Waals surface area contributed by atoms with E-state index in [0.29, 0.717) is 115 Å². The van der Waals surface area contributed by atoms with E-state index in [1.54, 1.807) is 28.6 Å². The van der Waals surface area contributed by atoms with Gasteiger partial charge in [0.2, 0.25) is 32.5 Å². The molecule has 0 amide bonds. The van der Waals surface area contributed by atoms with E-state index in [2.05, 4.69) is 160 Å². The van der Waals surface area contributed by atoms with Gasteiger partial charge in [0.1, 0.15) is 5.15 Å². The maximum Gasteiger partial charge on any atom is 1.00 e. The summed E-state index contributed by atoms with van der Waals surface area (Å²) in [5.74, 6) is -0.237. The Hall–Kier alpha value is -5.99. The minimum Gasteiger partial charge on any atom is -1.00 e. The zero-order valence-corrected chi connectivity index (χ0v) is 97.3. The van der Waals surface area contributed by atoms with Crippen molar-refractivity contribution < 1.29 is 226 Å². The molecule has 0 spiro atoms. The van der Waals surface area contributed by atoms with Gasteiger partial charge in [-0.25, -0.2) is 48.3 Å². The summed E-state index contributed by atoms with van der Waals surface area (Å²) >= 11 is 36.2. The number of sulfonamides is 1. The van der Waals surface area contributed by atoms with Crippen molar-refractivity contribution in [2.75, 3.05) is 108 Å². The number of fused-ring (bicyclic) bond motifs is 8. The second-order valence-electron chi connectivity index (χ2n) is 32.2. The standard InChI is InChI=1S/C26H30N6O3S.C20H17ClN4O.C16H9Cl2N3.C14H18BNO2.C8H3Cl3N2.C5H10O.2C2H4O2.C2H6.CH2O3.2Cs.Pd.H/c1-36(33,34)32-10-8-30(9-11-32)18-20-5-3-7-22-24(20)28-26(31-12-14-35-15-13-31)29-25(22)21-6-2-4-19-16-27-17-23(19)21;21-17-6-2-5-15-18(14-4-1-3-13-11-22-12-16(13)14)23-20(24-19(15)17)25-7-9-26-10-8-25;17-13-6-2-5-11-14(20-16(18)21-15(11)13)10-4-1-3-9-7-19-8-12(9)10;1-13(2)14(3,4)18-15(17-13)12-7-5-6-10-8-16-9-11(10)12;9-5-3-1-2-4-6(5)12-8(11)13-7(4)10;1-2-4-6-5-3-1;2*1-2(3)4;1-2;2-1-4-3;;;;/h2-7,17H,8-16,18H2,1H3;1-6,12H,7-11H2;1-6,8H,7H2;5-7,9H,8H2,1-4H3;1-3H;1-5H2;2*1H3,(H,3,4);1-2H3;1,3H;;;;/q;;;;;;;;;;2*+1;;-1/p-1. The van der Waals surface area contributed by atoms with E-state index in [1.165, 1.54) is 47.8 Å². The zero-order chi connectivity index (χ0) is 95.8. The minimum absolute atomic E-state index is 0. The number of carboxylic acids is 2. The Morgan fingerprint density at radius 3 is 1.21 bits per heavy atom. The van der Waals surface area contributed by atoms with Crippen LogP contribution in [0.3, 0.4) is 0 Å². The summed E-state index contributed by atoms with van der Waals surface area (Å²) in [7, 11) is -3.45. The Bertz CT molecular complexity index is 6430. The molecule has 0 unspecified atom stereocenters. The van der Waals surface area contributed by atoms with Crippen LogP contribution in [-0.2, 0) is 106 Å². The number of aliphatic carboxylic acids is 2. The van der Waals surface area contributed by atoms with E-state index in [1.807, 2.05) is 87.2 Å². The number of carbonyl (C=O) groups excluding carboxylic acids is 1. The summed E-state index contributed by atoms with van der Waals surface area (Å²) in [6.45, 7) is 28.1. The SMILES string of the molecule is C1CCOCC1.CC.CC(=O)O.CC(=O)O.CC1(C)OB(c2cccc3c2C=NC3)OC1(C)C.CS(=O)(=O)N1CCN(Cc2cccc3c(-c4cccc5c4C=NC5)nc(N4CCOCC4)nc23)CC1.Clc1cccc2c(-c3cccc4c3C=NC4)nc(N3CCOCC3)nc12.Clc1nc(-c2cccc3c2C=NC3)c2cccc(Cl)c2n1.Clc1nc(Cl)c2cccc(Cl)c2n1.O=CO[O-].[Cs+].[Cs+].[H-].[Pd]. The Balaban J connectivity index is 0.000000205. The van der Waals surface area contributed by atoms with Crippen molar-refractivity contribution in [1.29, 1.82) is 0 Å². The van der Waals surface area contributed by atoms with E-state index in [9.17, 15) is 8.42 Å². The van der Waals surface area contributed by atoms with Crippen molar-refractivity contribution in [3.8, 4) is 33.8 Å². The summed E-state index contributed by atoms with van der Waals surface area (Å²) < 4.78 is 53.7. The molecule has 714 valence electrons. The molecule has 4 aromatic heterocycles. The fourth-order valence-corrected chi connectivity index (χ4v) is 17.6. The topological polar surface area (TPSA) is 370 Å². The van der Waals surface area contributed by atoms with Crippen molar-refractivity contribution in [2.24, 2.45) is 20.0 Å². The molecule has 0 radical (unpaired) electrons. The van der Waals surface area contributed by atoms with Gasteiger partial charge < -0.3 is 55.1 Å². The van der Waals surface area contributed by atoms with Gasteiger partial charge in [0, 0.05) is 186 Å². The molecule has 2 N–H and O–H groups in total. The van der Waals surface area contributed by atoms with Crippen LogP contribution in [0.15, 0.2) is 166 Å². The van der Waals surface area contributed by atoms with Crippen molar-refractivity contribution in [3.63, 3.8) is 0 Å². The third-order valence-corrected chi connectivity index (χ3v) is 25.5. The van der Waals surface area contributed by atoms with Gasteiger partial charge in [0.05, 0.1) is 124 Å². The molecule has 137 heavy (non-hydrogen) atoms. The summed E-state index contributed by atoms with van der Waals surface area (Å²) in [4.78, 5) is 89.9. The van der Waals surface area contributed by atoms with Crippen LogP contribution in [-0.4, -0.2) is 228 Å². The van der Waals surface area contributed by atoms with Gasteiger partial charge in [-0.3, -0.25) is 39.3 Å². The number of benzene rings is 8. The first-order chi connectivity index (χ1) is 64.5. The van der Waals surface area contributed by atoms with Crippen LogP contribution >= 0.6 is 69.6 Å². The van der Waals surface area contributed by atoms with Gasteiger partial charge in [-0.15, -0.1) is 0 Å². The first-order valence-corrected chi connectivity index (χ1v) is 47.6. The third-order valence-electron chi connectivity index (χ3n) is 22.6. The van der Waals surface area contributed by atoms with Crippen LogP contribution in [0.25, 0.3) is 77.4 Å². The quantitative estimate of drug-likeness (QED) is 0.0321. The number of carboxylic acid groups (broad SMARTS) is 2. The molecule has 0 bridgehead atoms. The number of aliphatic imine (C=N–C) groups is 4. The number of rotatable bonds is 10. The molecule has 9 aliphatic heterocycles. The van der Waals surface area contributed by atoms with Gasteiger partial charge in [-0.05, 0) is 133 Å². The molecular weight excluding hydrogens is 2230 g/mol. The first kappa shape index (κ1) is 115. The predicted molar refractivity (Wildman–Crippen MR) is 531 cm³/mol. The van der Waals surface area contributed by atoms with E-state index in [4.69, 9.17) is 143 Å². The number of halogens is 6. The molecule has 13 heterocycles. The van der Waals surface area contributed by atoms with Crippen LogP contribution in [0, 0.1) is 0 Å². The largest absolute Gasteiger partial charge is 1.00 e. The number of para-hydroxylation sites is 4. The smallest absolute Gasteiger partial charge is 1.00 e. The monoisotopic (exact) mass is 2330 g/mol. The van der Waals surface area contributed by atoms with E-state index in [0.717, 1.165) is 167 Å². The van der Waals surface area contributed by atoms with Crippen LogP contribution < -0.4 is 158 Å². The van der Waals surface area contributed by atoms with Gasteiger partial charge in [-0.1, -0.05) is 182 Å². The molecule has 21 rings (SSSR count). The van der Waals surface area contributed by atoms with E-state index < -0.39 is 22.0 Å². The van der Waals surface area contributed by atoms with Gasteiger partial charge in [0.15, 0.2) is 0 Å². The van der Waals surface area contributed by atoms with Crippen LogP contribution in [0.4, 0.5) is 11.9 Å². The minimum atomic E-state index is -3.16. The zero-order valence-electron chi connectivity index (χ0n) is 78.8. The number of morpholine rings is 2.